The van der Waals surface area contributed by atoms with Gasteiger partial charge in [0.15, 0.2) is 0 Å². The van der Waals surface area contributed by atoms with Crippen LogP contribution in [0.4, 0.5) is 10.0 Å². The van der Waals surface area contributed by atoms with Gasteiger partial charge < -0.3 is 5.32 Å². The molecule has 0 aliphatic rings. The van der Waals surface area contributed by atoms with Gasteiger partial charge in [0.05, 0.1) is 11.3 Å². The maximum atomic E-state index is 4.23. The lowest BCUT2D eigenvalue weighted by molar-refractivity contribution is 1.64. The topological polar surface area (TPSA) is 24.4 Å². The summed E-state index contributed by atoms with van der Waals surface area (Å²) in [4.78, 5) is 4.23. The zero-order chi connectivity index (χ0) is 8.93. The second kappa shape index (κ2) is 4.20. The monoisotopic (exact) mass is 208 g/mol. The van der Waals surface area contributed by atoms with E-state index in [0.29, 0.717) is 0 Å². The van der Waals surface area contributed by atoms with Crippen LogP contribution in [-0.4, -0.2) is 6.34 Å². The fraction of sp³-hybridized carbons (Fsp3) is 0. The van der Waals surface area contributed by atoms with Crippen molar-refractivity contribution in [3.05, 3.63) is 35.0 Å². The van der Waals surface area contributed by atoms with Gasteiger partial charge in [0.25, 0.3) is 0 Å². The van der Waals surface area contributed by atoms with E-state index in [1.54, 1.807) is 29.0 Å². The summed E-state index contributed by atoms with van der Waals surface area (Å²) in [6.45, 7) is 0. The van der Waals surface area contributed by atoms with E-state index in [4.69, 9.17) is 0 Å². The third kappa shape index (κ3) is 2.40. The smallest absolute Gasteiger partial charge is 0.117 e. The predicted molar refractivity (Wildman–Crippen MR) is 60.4 cm³/mol. The summed E-state index contributed by atoms with van der Waals surface area (Å²) in [6, 6.07) is 8.00. The molecule has 0 radical (unpaired) electrons. The summed E-state index contributed by atoms with van der Waals surface area (Å²) >= 11 is 3.29. The average Bonchev–Trinajstić information content (AvgIpc) is 2.75. The van der Waals surface area contributed by atoms with Crippen LogP contribution in [0.3, 0.4) is 0 Å². The lowest BCUT2D eigenvalue weighted by Crippen LogP contribution is -1.89. The highest BCUT2D eigenvalue weighted by Crippen LogP contribution is 2.19. The van der Waals surface area contributed by atoms with Crippen molar-refractivity contribution >= 4 is 39.0 Å². The first-order valence-corrected chi connectivity index (χ1v) is 5.57. The maximum absolute atomic E-state index is 4.23. The molecule has 66 valence electrons. The van der Waals surface area contributed by atoms with Gasteiger partial charge in [-0.2, -0.15) is 0 Å². The second-order valence-corrected chi connectivity index (χ2v) is 4.20. The Hall–Kier alpha value is -1.13. The van der Waals surface area contributed by atoms with Crippen LogP contribution in [0.2, 0.25) is 0 Å². The van der Waals surface area contributed by atoms with Crippen LogP contribution >= 0.6 is 22.7 Å². The van der Waals surface area contributed by atoms with Gasteiger partial charge in [-0.25, -0.2) is 4.99 Å². The molecular formula is C9H8N2S2. The molecule has 0 amide bonds. The standard InChI is InChI=1S/C9H8N2S2/c1-3-8(12-5-1)10-7-11-9-4-2-6-13-9/h1-7H,(H,10,11). The summed E-state index contributed by atoms with van der Waals surface area (Å²) in [5.41, 5.74) is 0. The molecule has 2 rings (SSSR count). The Bertz CT molecular complexity index is 362. The second-order valence-electron chi connectivity index (χ2n) is 2.33. The van der Waals surface area contributed by atoms with Crippen LogP contribution in [0, 0.1) is 0 Å². The van der Waals surface area contributed by atoms with E-state index in [2.05, 4.69) is 10.3 Å². The van der Waals surface area contributed by atoms with Gasteiger partial charge >= 0.3 is 0 Å². The van der Waals surface area contributed by atoms with Gasteiger partial charge in [0.1, 0.15) is 5.00 Å². The van der Waals surface area contributed by atoms with Gasteiger partial charge in [-0.1, -0.05) is 0 Å². The number of aliphatic imine (C=N–C) groups is 1. The molecule has 0 aromatic carbocycles. The third-order valence-corrected chi connectivity index (χ3v) is 3.00. The first kappa shape index (κ1) is 8.47. The number of anilines is 1. The van der Waals surface area contributed by atoms with E-state index in [1.165, 1.54) is 0 Å². The van der Waals surface area contributed by atoms with Crippen LogP contribution in [0.1, 0.15) is 0 Å². The van der Waals surface area contributed by atoms with Crippen LogP contribution < -0.4 is 5.32 Å². The van der Waals surface area contributed by atoms with Gasteiger partial charge in [-0.05, 0) is 35.0 Å². The number of thiophene rings is 2. The molecule has 0 bridgehead atoms. The number of hydrogen-bond acceptors (Lipinski definition) is 3. The largest absolute Gasteiger partial charge is 0.338 e. The Balaban J connectivity index is 1.93. The van der Waals surface area contributed by atoms with Gasteiger partial charge in [0.2, 0.25) is 0 Å². The van der Waals surface area contributed by atoms with Gasteiger partial charge in [-0.3, -0.25) is 0 Å². The molecule has 0 atom stereocenters. The third-order valence-electron chi connectivity index (χ3n) is 1.43. The fourth-order valence-corrected chi connectivity index (χ4v) is 2.01. The van der Waals surface area contributed by atoms with Crippen molar-refractivity contribution < 1.29 is 0 Å². The lowest BCUT2D eigenvalue weighted by atomic mass is 10.6. The minimum Gasteiger partial charge on any atom is -0.338 e. The molecule has 1 N–H and O–H groups in total. The quantitative estimate of drug-likeness (QED) is 0.605. The van der Waals surface area contributed by atoms with E-state index < -0.39 is 0 Å². The molecular weight excluding hydrogens is 200 g/mol. The summed E-state index contributed by atoms with van der Waals surface area (Å²) in [5, 5.41) is 9.27. The highest BCUT2D eigenvalue weighted by Gasteiger charge is 1.88. The van der Waals surface area contributed by atoms with Gasteiger partial charge in [-0.15, -0.1) is 22.7 Å². The molecule has 2 heterocycles. The normalized spacial score (nSPS) is 10.8. The highest BCUT2D eigenvalue weighted by atomic mass is 32.1. The summed E-state index contributed by atoms with van der Waals surface area (Å²) < 4.78 is 0. The summed E-state index contributed by atoms with van der Waals surface area (Å²) in [6.07, 6.45) is 1.72. The van der Waals surface area contributed by atoms with Crippen LogP contribution in [0.5, 0.6) is 0 Å². The molecule has 0 unspecified atom stereocenters. The number of rotatable bonds is 3. The molecule has 0 aliphatic heterocycles. The zero-order valence-electron chi connectivity index (χ0n) is 6.81. The lowest BCUT2D eigenvalue weighted by Gasteiger charge is -1.91. The predicted octanol–water partition coefficient (Wildman–Crippen LogP) is 3.58. The van der Waals surface area contributed by atoms with Crippen molar-refractivity contribution in [2.75, 3.05) is 5.32 Å². The molecule has 0 saturated heterocycles. The Morgan fingerprint density at radius 1 is 1.15 bits per heavy atom. The Morgan fingerprint density at radius 2 is 2.00 bits per heavy atom. The fourth-order valence-electron chi connectivity index (χ4n) is 0.864. The van der Waals surface area contributed by atoms with Crippen molar-refractivity contribution in [3.63, 3.8) is 0 Å². The molecule has 4 heteroatoms. The molecule has 13 heavy (non-hydrogen) atoms. The van der Waals surface area contributed by atoms with Crippen molar-refractivity contribution in [2.24, 2.45) is 4.99 Å². The van der Waals surface area contributed by atoms with Crippen molar-refractivity contribution in [1.29, 1.82) is 0 Å². The van der Waals surface area contributed by atoms with Crippen LogP contribution in [-0.2, 0) is 0 Å². The van der Waals surface area contributed by atoms with E-state index >= 15 is 0 Å². The molecule has 2 aromatic rings. The molecule has 0 aliphatic carbocycles. The summed E-state index contributed by atoms with van der Waals surface area (Å²) in [7, 11) is 0. The van der Waals surface area contributed by atoms with Crippen molar-refractivity contribution in [3.8, 4) is 0 Å². The summed E-state index contributed by atoms with van der Waals surface area (Å²) in [5.74, 6) is 0. The molecule has 0 spiro atoms. The SMILES string of the molecule is C(=Nc1cccs1)Nc1cccs1. The zero-order valence-corrected chi connectivity index (χ0v) is 8.44. The minimum atomic E-state index is 1.02. The Labute approximate surface area is 84.6 Å². The van der Waals surface area contributed by atoms with E-state index in [0.717, 1.165) is 10.0 Å². The highest BCUT2D eigenvalue weighted by molar-refractivity contribution is 7.14. The van der Waals surface area contributed by atoms with E-state index in [1.807, 2.05) is 35.0 Å². The van der Waals surface area contributed by atoms with Crippen LogP contribution in [0.15, 0.2) is 40.0 Å². The first-order valence-electron chi connectivity index (χ1n) is 3.81. The molecule has 2 nitrogen and oxygen atoms in total. The minimum absolute atomic E-state index is 1.02. The Morgan fingerprint density at radius 3 is 2.69 bits per heavy atom. The van der Waals surface area contributed by atoms with Crippen molar-refractivity contribution in [2.45, 2.75) is 0 Å². The first-order chi connectivity index (χ1) is 6.45. The maximum Gasteiger partial charge on any atom is 0.117 e. The number of hydrogen-bond donors (Lipinski definition) is 1. The van der Waals surface area contributed by atoms with Crippen LogP contribution in [0.25, 0.3) is 0 Å². The number of nitrogens with zero attached hydrogens (tertiary/aromatic N) is 1. The van der Waals surface area contributed by atoms with E-state index in [-0.39, 0.29) is 0 Å². The Kier molecular flexibility index (Phi) is 2.74. The van der Waals surface area contributed by atoms with E-state index in [9.17, 15) is 0 Å². The van der Waals surface area contributed by atoms with Crippen molar-refractivity contribution in [1.82, 2.24) is 0 Å². The number of nitrogens with one attached hydrogen (secondary N) is 1. The molecule has 2 aromatic heterocycles. The average molecular weight is 208 g/mol. The molecule has 0 saturated carbocycles. The van der Waals surface area contributed by atoms with Gasteiger partial charge in [0, 0.05) is 0 Å². The molecule has 0 fully saturated rings.